The van der Waals surface area contributed by atoms with Crippen LogP contribution in [0.3, 0.4) is 0 Å². The van der Waals surface area contributed by atoms with Gasteiger partial charge in [-0.1, -0.05) is 0 Å². The van der Waals surface area contributed by atoms with Gasteiger partial charge >= 0.3 is 0 Å². The van der Waals surface area contributed by atoms with E-state index in [9.17, 15) is 13.2 Å². The van der Waals surface area contributed by atoms with Crippen molar-refractivity contribution in [1.29, 1.82) is 0 Å². The number of aliphatic hydroxyl groups is 1. The molecule has 2 rings (SSSR count). The lowest BCUT2D eigenvalue weighted by atomic mass is 9.99. The topological polar surface area (TPSA) is 95.9 Å². The van der Waals surface area contributed by atoms with Gasteiger partial charge in [-0.15, -0.1) is 0 Å². The van der Waals surface area contributed by atoms with Crippen molar-refractivity contribution in [2.24, 2.45) is 5.92 Å². The summed E-state index contributed by atoms with van der Waals surface area (Å²) in [7, 11) is -3.63. The Morgan fingerprint density at radius 2 is 2.08 bits per heavy atom. The van der Waals surface area contributed by atoms with Crippen LogP contribution in [-0.2, 0) is 14.8 Å². The summed E-state index contributed by atoms with van der Waals surface area (Å²) in [5.41, 5.74) is 0. The second-order valence-electron chi connectivity index (χ2n) is 5.62. The van der Waals surface area contributed by atoms with Crippen LogP contribution in [0.4, 0.5) is 0 Å². The van der Waals surface area contributed by atoms with Crippen LogP contribution in [0.25, 0.3) is 0 Å². The minimum Gasteiger partial charge on any atom is -0.494 e. The quantitative estimate of drug-likeness (QED) is 0.746. The Kier molecular flexibility index (Phi) is 6.59. The SMILES string of the molecule is CCOc1ccc(S(=O)(=O)N2CCCC(C(=O)NCCO)C2)cc1. The standard InChI is InChI=1S/C16H24N2O5S/c1-2-23-14-5-7-15(8-6-14)24(21,22)18-10-3-4-13(12-18)16(20)17-9-11-19/h5-8,13,19H,2-4,9-12H2,1H3,(H,17,20). The number of nitrogens with zero attached hydrogens (tertiary/aromatic N) is 1. The first-order valence-electron chi connectivity index (χ1n) is 8.10. The summed E-state index contributed by atoms with van der Waals surface area (Å²) in [4.78, 5) is 12.2. The molecule has 8 heteroatoms. The van der Waals surface area contributed by atoms with Crippen LogP contribution in [0.15, 0.2) is 29.2 Å². The molecular weight excluding hydrogens is 332 g/mol. The molecule has 1 saturated heterocycles. The summed E-state index contributed by atoms with van der Waals surface area (Å²) in [5.74, 6) is 0.0229. The van der Waals surface area contributed by atoms with Gasteiger partial charge in [0.25, 0.3) is 0 Å². The maximum absolute atomic E-state index is 12.8. The maximum Gasteiger partial charge on any atom is 0.243 e. The first-order valence-corrected chi connectivity index (χ1v) is 9.54. The summed E-state index contributed by atoms with van der Waals surface area (Å²) in [6.45, 7) is 2.99. The first-order chi connectivity index (χ1) is 11.5. The molecule has 1 aromatic carbocycles. The van der Waals surface area contributed by atoms with E-state index in [0.717, 1.165) is 0 Å². The zero-order valence-electron chi connectivity index (χ0n) is 13.8. The molecule has 2 N–H and O–H groups in total. The van der Waals surface area contributed by atoms with Crippen molar-refractivity contribution in [2.75, 3.05) is 32.8 Å². The maximum atomic E-state index is 12.8. The highest BCUT2D eigenvalue weighted by atomic mass is 32.2. The van der Waals surface area contributed by atoms with Crippen molar-refractivity contribution in [2.45, 2.75) is 24.7 Å². The molecule has 1 aliphatic rings. The van der Waals surface area contributed by atoms with Crippen LogP contribution in [-0.4, -0.2) is 56.6 Å². The number of hydrogen-bond acceptors (Lipinski definition) is 5. The Labute approximate surface area is 142 Å². The number of carbonyl (C=O) groups is 1. The Morgan fingerprint density at radius 3 is 2.71 bits per heavy atom. The normalized spacial score (nSPS) is 19.0. The van der Waals surface area contributed by atoms with Gasteiger partial charge in [-0.3, -0.25) is 4.79 Å². The van der Waals surface area contributed by atoms with Crippen LogP contribution >= 0.6 is 0 Å². The summed E-state index contributed by atoms with van der Waals surface area (Å²) in [6, 6.07) is 6.31. The third-order valence-electron chi connectivity index (χ3n) is 3.94. The van der Waals surface area contributed by atoms with E-state index in [0.29, 0.717) is 31.7 Å². The van der Waals surface area contributed by atoms with Crippen LogP contribution in [0.2, 0.25) is 0 Å². The largest absolute Gasteiger partial charge is 0.494 e. The van der Waals surface area contributed by atoms with E-state index in [2.05, 4.69) is 5.32 Å². The van der Waals surface area contributed by atoms with Gasteiger partial charge in [-0.25, -0.2) is 8.42 Å². The molecule has 0 aliphatic carbocycles. The molecule has 1 aromatic rings. The van der Waals surface area contributed by atoms with Crippen LogP contribution < -0.4 is 10.1 Å². The van der Waals surface area contributed by atoms with Gasteiger partial charge in [-0.2, -0.15) is 4.31 Å². The van der Waals surface area contributed by atoms with Crippen molar-refractivity contribution in [3.05, 3.63) is 24.3 Å². The number of aliphatic hydroxyl groups excluding tert-OH is 1. The minimum atomic E-state index is -3.63. The summed E-state index contributed by atoms with van der Waals surface area (Å²) in [5, 5.41) is 11.4. The van der Waals surface area contributed by atoms with Gasteiger partial charge in [-0.05, 0) is 44.0 Å². The first kappa shape index (κ1) is 18.7. The second-order valence-corrected chi connectivity index (χ2v) is 7.56. The van der Waals surface area contributed by atoms with Crippen LogP contribution in [0.5, 0.6) is 5.75 Å². The summed E-state index contributed by atoms with van der Waals surface area (Å²) < 4.78 is 32.2. The molecule has 0 aromatic heterocycles. The average Bonchev–Trinajstić information content (AvgIpc) is 2.60. The van der Waals surface area contributed by atoms with Gasteiger partial charge < -0.3 is 15.2 Å². The highest BCUT2D eigenvalue weighted by Gasteiger charge is 2.33. The molecule has 0 radical (unpaired) electrons. The van der Waals surface area contributed by atoms with Gasteiger partial charge in [0.1, 0.15) is 5.75 Å². The predicted octanol–water partition coefficient (Wildman–Crippen LogP) is 0.595. The number of benzene rings is 1. The van der Waals surface area contributed by atoms with Crippen molar-refractivity contribution < 1.29 is 23.1 Å². The van der Waals surface area contributed by atoms with E-state index in [1.807, 2.05) is 6.92 Å². The van der Waals surface area contributed by atoms with Crippen molar-refractivity contribution in [3.8, 4) is 5.75 Å². The van der Waals surface area contributed by atoms with Crippen molar-refractivity contribution in [1.82, 2.24) is 9.62 Å². The lowest BCUT2D eigenvalue weighted by Gasteiger charge is -2.31. The van der Waals surface area contributed by atoms with E-state index in [1.165, 1.54) is 16.4 Å². The number of sulfonamides is 1. The van der Waals surface area contributed by atoms with Gasteiger partial charge in [0.05, 0.1) is 24.0 Å². The predicted molar refractivity (Wildman–Crippen MR) is 89.2 cm³/mol. The number of ether oxygens (including phenoxy) is 1. The molecule has 24 heavy (non-hydrogen) atoms. The lowest BCUT2D eigenvalue weighted by Crippen LogP contribution is -2.45. The highest BCUT2D eigenvalue weighted by molar-refractivity contribution is 7.89. The fraction of sp³-hybridized carbons (Fsp3) is 0.562. The van der Waals surface area contributed by atoms with Crippen LogP contribution in [0, 0.1) is 5.92 Å². The second kappa shape index (κ2) is 8.46. The Hall–Kier alpha value is -1.64. The van der Waals surface area contributed by atoms with Gasteiger partial charge in [0.15, 0.2) is 0 Å². The number of carbonyl (C=O) groups excluding carboxylic acids is 1. The van der Waals surface area contributed by atoms with Crippen LogP contribution in [0.1, 0.15) is 19.8 Å². The molecule has 0 saturated carbocycles. The number of rotatable bonds is 7. The van der Waals surface area contributed by atoms with E-state index in [-0.39, 0.29) is 36.4 Å². The Morgan fingerprint density at radius 1 is 1.38 bits per heavy atom. The Balaban J connectivity index is 2.09. The molecule has 1 heterocycles. The van der Waals surface area contributed by atoms with Gasteiger partial charge in [0.2, 0.25) is 15.9 Å². The van der Waals surface area contributed by atoms with E-state index in [1.54, 1.807) is 12.1 Å². The molecule has 1 fully saturated rings. The molecule has 0 bridgehead atoms. The van der Waals surface area contributed by atoms with Gasteiger partial charge in [0, 0.05) is 19.6 Å². The van der Waals surface area contributed by atoms with E-state index >= 15 is 0 Å². The number of amides is 1. The molecule has 0 spiro atoms. The molecule has 7 nitrogen and oxygen atoms in total. The van der Waals surface area contributed by atoms with E-state index < -0.39 is 10.0 Å². The molecule has 1 aliphatic heterocycles. The smallest absolute Gasteiger partial charge is 0.243 e. The van der Waals surface area contributed by atoms with Crippen molar-refractivity contribution in [3.63, 3.8) is 0 Å². The fourth-order valence-corrected chi connectivity index (χ4v) is 4.25. The van der Waals surface area contributed by atoms with E-state index in [4.69, 9.17) is 9.84 Å². The average molecular weight is 356 g/mol. The zero-order valence-corrected chi connectivity index (χ0v) is 14.6. The fourth-order valence-electron chi connectivity index (χ4n) is 2.72. The third kappa shape index (κ3) is 4.46. The lowest BCUT2D eigenvalue weighted by molar-refractivity contribution is -0.126. The number of nitrogens with one attached hydrogen (secondary N) is 1. The molecule has 1 unspecified atom stereocenters. The molecule has 134 valence electrons. The minimum absolute atomic E-state index is 0.132. The summed E-state index contributed by atoms with van der Waals surface area (Å²) in [6.07, 6.45) is 1.28. The zero-order chi connectivity index (χ0) is 17.6. The number of piperidine rings is 1. The van der Waals surface area contributed by atoms with Crippen molar-refractivity contribution >= 4 is 15.9 Å². The third-order valence-corrected chi connectivity index (χ3v) is 5.82. The monoisotopic (exact) mass is 356 g/mol. The molecule has 1 atom stereocenters. The Bertz CT molecular complexity index is 645. The molecular formula is C16H24N2O5S. The molecule has 1 amide bonds. The summed E-state index contributed by atoms with van der Waals surface area (Å²) >= 11 is 0. The highest BCUT2D eigenvalue weighted by Crippen LogP contribution is 2.25. The number of hydrogen-bond donors (Lipinski definition) is 2.